The second kappa shape index (κ2) is 8.18. The summed E-state index contributed by atoms with van der Waals surface area (Å²) < 4.78 is 0. The van der Waals surface area contributed by atoms with E-state index in [1.165, 1.54) is 25.7 Å². The number of aliphatic imine (C=N–C) groups is 1. The minimum absolute atomic E-state index is 0.151. The third kappa shape index (κ3) is 4.28. The molecule has 2 N–H and O–H groups in total. The molecule has 2 fully saturated rings. The quantitative estimate of drug-likeness (QED) is 0.685. The summed E-state index contributed by atoms with van der Waals surface area (Å²) in [7, 11) is 0. The van der Waals surface area contributed by atoms with Gasteiger partial charge in [0.1, 0.15) is 0 Å². The van der Waals surface area contributed by atoms with E-state index in [-0.39, 0.29) is 5.91 Å². The van der Waals surface area contributed by atoms with E-state index < -0.39 is 0 Å². The van der Waals surface area contributed by atoms with Crippen molar-refractivity contribution in [3.05, 3.63) is 35.4 Å². The highest BCUT2D eigenvalue weighted by molar-refractivity contribution is 5.94. The summed E-state index contributed by atoms with van der Waals surface area (Å²) in [6.07, 6.45) is 7.16. The van der Waals surface area contributed by atoms with Crippen molar-refractivity contribution in [2.45, 2.75) is 45.1 Å². The van der Waals surface area contributed by atoms with Gasteiger partial charge in [-0.3, -0.25) is 4.79 Å². The maximum atomic E-state index is 12.5. The predicted molar refractivity (Wildman–Crippen MR) is 96.9 cm³/mol. The molecule has 0 bridgehead atoms. The Bertz CT molecular complexity index is 570. The maximum absolute atomic E-state index is 12.5. The van der Waals surface area contributed by atoms with Crippen LogP contribution in [-0.4, -0.2) is 47.8 Å². The van der Waals surface area contributed by atoms with Gasteiger partial charge in [-0.2, -0.15) is 0 Å². The van der Waals surface area contributed by atoms with Crippen LogP contribution in [0.1, 0.15) is 54.4 Å². The number of piperidine rings is 2. The van der Waals surface area contributed by atoms with Crippen molar-refractivity contribution in [2.75, 3.05) is 26.2 Å². The molecule has 5 heteroatoms. The third-order valence-corrected chi connectivity index (χ3v) is 4.95. The molecule has 0 saturated carbocycles. The first kappa shape index (κ1) is 16.8. The molecular weight excluding hydrogens is 300 g/mol. The monoisotopic (exact) mass is 328 g/mol. The van der Waals surface area contributed by atoms with Gasteiger partial charge in [0, 0.05) is 31.7 Å². The van der Waals surface area contributed by atoms with Crippen molar-refractivity contribution in [3.63, 3.8) is 0 Å². The van der Waals surface area contributed by atoms with Crippen molar-refractivity contribution in [1.82, 2.24) is 9.80 Å². The smallest absolute Gasteiger partial charge is 0.253 e. The van der Waals surface area contributed by atoms with Gasteiger partial charge in [-0.05, 0) is 56.2 Å². The maximum Gasteiger partial charge on any atom is 0.253 e. The molecule has 0 atom stereocenters. The molecule has 5 nitrogen and oxygen atoms in total. The molecule has 2 heterocycles. The summed E-state index contributed by atoms with van der Waals surface area (Å²) >= 11 is 0. The lowest BCUT2D eigenvalue weighted by Crippen LogP contribution is -2.40. The summed E-state index contributed by atoms with van der Waals surface area (Å²) in [5.41, 5.74) is 7.95. The number of hydrogen-bond acceptors (Lipinski definition) is 2. The highest BCUT2D eigenvalue weighted by atomic mass is 16.2. The van der Waals surface area contributed by atoms with Gasteiger partial charge in [-0.15, -0.1) is 0 Å². The van der Waals surface area contributed by atoms with Gasteiger partial charge in [-0.25, -0.2) is 4.99 Å². The molecule has 1 amide bonds. The largest absolute Gasteiger partial charge is 0.370 e. The van der Waals surface area contributed by atoms with Crippen LogP contribution in [0.2, 0.25) is 0 Å². The fourth-order valence-corrected chi connectivity index (χ4v) is 3.43. The number of carbonyl (C=O) groups excluding carboxylic acids is 1. The number of guanidine groups is 1. The molecule has 24 heavy (non-hydrogen) atoms. The molecular formula is C19H28N4O. The Hall–Kier alpha value is -2.04. The van der Waals surface area contributed by atoms with Gasteiger partial charge < -0.3 is 15.5 Å². The summed E-state index contributed by atoms with van der Waals surface area (Å²) in [6.45, 7) is 4.37. The zero-order chi connectivity index (χ0) is 16.8. The van der Waals surface area contributed by atoms with Crippen molar-refractivity contribution < 1.29 is 4.79 Å². The number of likely N-dealkylation sites (tertiary alicyclic amines) is 2. The number of rotatable bonds is 3. The number of amides is 1. The van der Waals surface area contributed by atoms with Crippen LogP contribution in [0.15, 0.2) is 29.3 Å². The standard InChI is InChI=1S/C19H28N4O/c20-19(23-13-5-2-6-14-23)21-15-16-7-9-17(10-8-16)18(24)22-11-3-1-4-12-22/h7-10H,1-6,11-15H2,(H2,20,21). The minimum Gasteiger partial charge on any atom is -0.370 e. The van der Waals surface area contributed by atoms with Crippen LogP contribution < -0.4 is 5.73 Å². The number of hydrogen-bond donors (Lipinski definition) is 1. The van der Waals surface area contributed by atoms with Crippen LogP contribution in [0.25, 0.3) is 0 Å². The van der Waals surface area contributed by atoms with E-state index in [0.717, 1.165) is 50.1 Å². The number of nitrogens with two attached hydrogens (primary N) is 1. The molecule has 0 spiro atoms. The Kier molecular flexibility index (Phi) is 5.72. The van der Waals surface area contributed by atoms with Crippen LogP contribution in [0, 0.1) is 0 Å². The minimum atomic E-state index is 0.151. The zero-order valence-corrected chi connectivity index (χ0v) is 14.4. The third-order valence-electron chi connectivity index (χ3n) is 4.95. The molecule has 2 aliphatic rings. The second-order valence-electron chi connectivity index (χ2n) is 6.77. The fourth-order valence-electron chi connectivity index (χ4n) is 3.43. The lowest BCUT2D eigenvalue weighted by Gasteiger charge is -2.27. The van der Waals surface area contributed by atoms with Crippen molar-refractivity contribution in [3.8, 4) is 0 Å². The fraction of sp³-hybridized carbons (Fsp3) is 0.579. The van der Waals surface area contributed by atoms with Gasteiger partial charge >= 0.3 is 0 Å². The van der Waals surface area contributed by atoms with Crippen LogP contribution in [-0.2, 0) is 6.54 Å². The SMILES string of the molecule is NC(=NCc1ccc(C(=O)N2CCCCC2)cc1)N1CCCCC1. The predicted octanol–water partition coefficient (Wildman–Crippen LogP) is 2.61. The molecule has 130 valence electrons. The van der Waals surface area contributed by atoms with E-state index in [2.05, 4.69) is 9.89 Å². The molecule has 2 aliphatic heterocycles. The summed E-state index contributed by atoms with van der Waals surface area (Å²) in [5.74, 6) is 0.792. The topological polar surface area (TPSA) is 61.9 Å². The van der Waals surface area contributed by atoms with Crippen molar-refractivity contribution >= 4 is 11.9 Å². The Morgan fingerprint density at radius 1 is 0.875 bits per heavy atom. The number of benzene rings is 1. The number of nitrogens with zero attached hydrogens (tertiary/aromatic N) is 3. The van der Waals surface area contributed by atoms with E-state index in [9.17, 15) is 4.79 Å². The first-order chi connectivity index (χ1) is 11.7. The lowest BCUT2D eigenvalue weighted by molar-refractivity contribution is 0.0724. The van der Waals surface area contributed by atoms with E-state index in [1.54, 1.807) is 0 Å². The van der Waals surface area contributed by atoms with Gasteiger partial charge in [-0.1, -0.05) is 12.1 Å². The molecule has 1 aromatic carbocycles. The summed E-state index contributed by atoms with van der Waals surface area (Å²) in [6, 6.07) is 7.81. The Morgan fingerprint density at radius 2 is 1.42 bits per heavy atom. The van der Waals surface area contributed by atoms with E-state index in [1.807, 2.05) is 29.2 Å². The van der Waals surface area contributed by atoms with E-state index >= 15 is 0 Å². The molecule has 0 radical (unpaired) electrons. The second-order valence-corrected chi connectivity index (χ2v) is 6.77. The van der Waals surface area contributed by atoms with Crippen LogP contribution in [0.3, 0.4) is 0 Å². The average molecular weight is 328 g/mol. The highest BCUT2D eigenvalue weighted by Crippen LogP contribution is 2.14. The van der Waals surface area contributed by atoms with Crippen LogP contribution in [0.5, 0.6) is 0 Å². The van der Waals surface area contributed by atoms with Gasteiger partial charge in [0.2, 0.25) is 0 Å². The lowest BCUT2D eigenvalue weighted by atomic mass is 10.1. The Morgan fingerprint density at radius 3 is 2.00 bits per heavy atom. The van der Waals surface area contributed by atoms with E-state index in [0.29, 0.717) is 12.5 Å². The van der Waals surface area contributed by atoms with Gasteiger partial charge in [0.05, 0.1) is 6.54 Å². The average Bonchev–Trinajstić information content (AvgIpc) is 2.67. The molecule has 1 aromatic rings. The normalized spacial score (nSPS) is 19.4. The molecule has 2 saturated heterocycles. The zero-order valence-electron chi connectivity index (χ0n) is 14.4. The van der Waals surface area contributed by atoms with Crippen LogP contribution >= 0.6 is 0 Å². The first-order valence-corrected chi connectivity index (χ1v) is 9.17. The van der Waals surface area contributed by atoms with Crippen LogP contribution in [0.4, 0.5) is 0 Å². The number of carbonyl (C=O) groups is 1. The van der Waals surface area contributed by atoms with Gasteiger partial charge in [0.25, 0.3) is 5.91 Å². The molecule has 0 unspecified atom stereocenters. The molecule has 0 aromatic heterocycles. The van der Waals surface area contributed by atoms with Gasteiger partial charge in [0.15, 0.2) is 5.96 Å². The Balaban J connectivity index is 1.56. The van der Waals surface area contributed by atoms with Crippen molar-refractivity contribution in [2.24, 2.45) is 10.7 Å². The van der Waals surface area contributed by atoms with Crippen molar-refractivity contribution in [1.29, 1.82) is 0 Å². The first-order valence-electron chi connectivity index (χ1n) is 9.17. The van der Waals surface area contributed by atoms with E-state index in [4.69, 9.17) is 5.73 Å². The molecule has 3 rings (SSSR count). The molecule has 0 aliphatic carbocycles. The Labute approximate surface area is 144 Å². The summed E-state index contributed by atoms with van der Waals surface area (Å²) in [4.78, 5) is 21.1. The summed E-state index contributed by atoms with van der Waals surface area (Å²) in [5, 5.41) is 0. The highest BCUT2D eigenvalue weighted by Gasteiger charge is 2.17.